The summed E-state index contributed by atoms with van der Waals surface area (Å²) >= 11 is 0. The SMILES string of the molecule is C=C(NC1CCCCC1)C1(N(C(C)=O)c2cccc(F)c2)CCN(Cc2cccc(C(F)(F)F)c2)C(C)C1. The van der Waals surface area contributed by atoms with Crippen LogP contribution in [-0.4, -0.2) is 35.0 Å². The average Bonchev–Trinajstić information content (AvgIpc) is 2.86. The minimum Gasteiger partial charge on any atom is -0.384 e. The van der Waals surface area contributed by atoms with Crippen LogP contribution in [0.25, 0.3) is 0 Å². The van der Waals surface area contributed by atoms with E-state index in [0.717, 1.165) is 37.4 Å². The van der Waals surface area contributed by atoms with Crippen LogP contribution in [0.1, 0.15) is 69.9 Å². The molecule has 0 bridgehead atoms. The predicted molar refractivity (Wildman–Crippen MR) is 142 cm³/mol. The number of hydrogen-bond donors (Lipinski definition) is 1. The van der Waals surface area contributed by atoms with E-state index in [1.165, 1.54) is 37.6 Å². The topological polar surface area (TPSA) is 35.6 Å². The van der Waals surface area contributed by atoms with Crippen molar-refractivity contribution in [2.75, 3.05) is 11.4 Å². The van der Waals surface area contributed by atoms with Crippen LogP contribution >= 0.6 is 0 Å². The summed E-state index contributed by atoms with van der Waals surface area (Å²) in [5, 5.41) is 3.63. The van der Waals surface area contributed by atoms with Crippen molar-refractivity contribution in [3.05, 3.63) is 77.8 Å². The summed E-state index contributed by atoms with van der Waals surface area (Å²) < 4.78 is 54.1. The summed E-state index contributed by atoms with van der Waals surface area (Å²) in [6.07, 6.45) is 2.19. The number of nitrogens with one attached hydrogen (secondary N) is 1. The molecule has 0 aromatic heterocycles. The van der Waals surface area contributed by atoms with Gasteiger partial charge in [0.05, 0.1) is 11.1 Å². The van der Waals surface area contributed by atoms with Crippen molar-refractivity contribution in [2.45, 2.75) is 89.1 Å². The molecule has 1 saturated carbocycles. The Morgan fingerprint density at radius 1 is 1.13 bits per heavy atom. The highest BCUT2D eigenvalue weighted by Gasteiger charge is 2.47. The third-order valence-corrected chi connectivity index (χ3v) is 8.06. The number of anilines is 1. The van der Waals surface area contributed by atoms with Gasteiger partial charge in [-0.15, -0.1) is 0 Å². The zero-order chi connectivity index (χ0) is 27.5. The average molecular weight is 532 g/mol. The van der Waals surface area contributed by atoms with E-state index in [2.05, 4.69) is 16.8 Å². The van der Waals surface area contributed by atoms with Crippen molar-refractivity contribution in [1.29, 1.82) is 0 Å². The quantitative estimate of drug-likeness (QED) is 0.389. The molecule has 1 N–H and O–H groups in total. The number of hydrogen-bond acceptors (Lipinski definition) is 3. The van der Waals surface area contributed by atoms with Gasteiger partial charge in [-0.1, -0.05) is 50.1 Å². The number of carbonyl (C=O) groups excluding carboxylic acids is 1. The van der Waals surface area contributed by atoms with E-state index in [-0.39, 0.29) is 18.0 Å². The molecule has 1 aliphatic carbocycles. The lowest BCUT2D eigenvalue weighted by Gasteiger charge is -2.52. The minimum absolute atomic E-state index is 0.0707. The Kier molecular flexibility index (Phi) is 8.50. The molecule has 0 radical (unpaired) electrons. The summed E-state index contributed by atoms with van der Waals surface area (Å²) in [6.45, 7) is 8.86. The van der Waals surface area contributed by atoms with Crippen molar-refractivity contribution in [3.63, 3.8) is 0 Å². The van der Waals surface area contributed by atoms with E-state index in [1.807, 2.05) is 6.92 Å². The second-order valence-corrected chi connectivity index (χ2v) is 10.8. The van der Waals surface area contributed by atoms with Gasteiger partial charge in [-0.05, 0) is 62.4 Å². The maximum Gasteiger partial charge on any atom is 0.416 e. The van der Waals surface area contributed by atoms with E-state index in [1.54, 1.807) is 23.1 Å². The van der Waals surface area contributed by atoms with E-state index < -0.39 is 23.1 Å². The largest absolute Gasteiger partial charge is 0.416 e. The van der Waals surface area contributed by atoms with Crippen LogP contribution in [0.3, 0.4) is 0 Å². The smallest absolute Gasteiger partial charge is 0.384 e. The highest BCUT2D eigenvalue weighted by Crippen LogP contribution is 2.41. The number of rotatable bonds is 7. The molecule has 8 heteroatoms. The van der Waals surface area contributed by atoms with Crippen LogP contribution < -0.4 is 10.2 Å². The van der Waals surface area contributed by atoms with Gasteiger partial charge in [-0.2, -0.15) is 13.2 Å². The Morgan fingerprint density at radius 2 is 1.84 bits per heavy atom. The fraction of sp³-hybridized carbons (Fsp3) is 0.500. The number of carbonyl (C=O) groups is 1. The molecule has 1 amide bonds. The van der Waals surface area contributed by atoms with Gasteiger partial charge in [-0.25, -0.2) is 4.39 Å². The molecule has 2 unspecified atom stereocenters. The van der Waals surface area contributed by atoms with E-state index >= 15 is 0 Å². The molecule has 0 spiro atoms. The Labute approximate surface area is 222 Å². The summed E-state index contributed by atoms with van der Waals surface area (Å²) in [5.74, 6) is -0.634. The highest BCUT2D eigenvalue weighted by atomic mass is 19.4. The van der Waals surface area contributed by atoms with Crippen LogP contribution in [-0.2, 0) is 17.5 Å². The first-order valence-corrected chi connectivity index (χ1v) is 13.4. The molecular weight excluding hydrogens is 494 g/mol. The van der Waals surface area contributed by atoms with Gasteiger partial charge in [0.1, 0.15) is 5.82 Å². The lowest BCUT2D eigenvalue weighted by molar-refractivity contribution is -0.137. The number of nitrogens with zero attached hydrogens (tertiary/aromatic N) is 2. The predicted octanol–water partition coefficient (Wildman–Crippen LogP) is 7.06. The third-order valence-electron chi connectivity index (χ3n) is 8.06. The molecular formula is C30H37F4N3O. The molecule has 2 aliphatic rings. The normalized spacial score (nSPS) is 23.2. The third kappa shape index (κ3) is 6.22. The monoisotopic (exact) mass is 531 g/mol. The summed E-state index contributed by atoms with van der Waals surface area (Å²) in [4.78, 5) is 17.0. The Hall–Kier alpha value is -2.87. The van der Waals surface area contributed by atoms with Crippen molar-refractivity contribution in [3.8, 4) is 0 Å². The summed E-state index contributed by atoms with van der Waals surface area (Å²) in [7, 11) is 0. The first-order valence-electron chi connectivity index (χ1n) is 13.4. The van der Waals surface area contributed by atoms with Crippen LogP contribution in [0.15, 0.2) is 60.8 Å². The number of benzene rings is 2. The molecule has 2 aromatic carbocycles. The number of alkyl halides is 3. The van der Waals surface area contributed by atoms with E-state index in [4.69, 9.17) is 0 Å². The van der Waals surface area contributed by atoms with Crippen molar-refractivity contribution in [2.24, 2.45) is 0 Å². The van der Waals surface area contributed by atoms with Gasteiger partial charge >= 0.3 is 6.18 Å². The van der Waals surface area contributed by atoms with Crippen LogP contribution in [0, 0.1) is 5.82 Å². The van der Waals surface area contributed by atoms with Gasteiger partial charge in [0.15, 0.2) is 0 Å². The van der Waals surface area contributed by atoms with Crippen molar-refractivity contribution >= 4 is 11.6 Å². The molecule has 2 fully saturated rings. The van der Waals surface area contributed by atoms with Crippen LogP contribution in [0.2, 0.25) is 0 Å². The first-order chi connectivity index (χ1) is 18.0. The molecule has 2 aromatic rings. The van der Waals surface area contributed by atoms with E-state index in [0.29, 0.717) is 37.2 Å². The van der Waals surface area contributed by atoms with Crippen LogP contribution in [0.4, 0.5) is 23.2 Å². The zero-order valence-corrected chi connectivity index (χ0v) is 22.2. The Morgan fingerprint density at radius 3 is 2.47 bits per heavy atom. The van der Waals surface area contributed by atoms with Gasteiger partial charge in [0, 0.05) is 43.5 Å². The molecule has 1 saturated heterocycles. The first kappa shape index (κ1) is 28.1. The van der Waals surface area contributed by atoms with Gasteiger partial charge in [-0.3, -0.25) is 9.69 Å². The van der Waals surface area contributed by atoms with Crippen molar-refractivity contribution < 1.29 is 22.4 Å². The molecule has 1 aliphatic heterocycles. The summed E-state index contributed by atoms with van der Waals surface area (Å²) in [5.41, 5.74) is 0.345. The minimum atomic E-state index is -4.39. The fourth-order valence-corrected chi connectivity index (χ4v) is 6.17. The Bertz CT molecular complexity index is 1140. The number of likely N-dealkylation sites (tertiary alicyclic amines) is 1. The van der Waals surface area contributed by atoms with Crippen molar-refractivity contribution in [1.82, 2.24) is 10.2 Å². The van der Waals surface area contributed by atoms with Crippen LogP contribution in [0.5, 0.6) is 0 Å². The highest BCUT2D eigenvalue weighted by molar-refractivity contribution is 5.94. The van der Waals surface area contributed by atoms with Gasteiger partial charge in [0.25, 0.3) is 0 Å². The molecule has 1 heterocycles. The van der Waals surface area contributed by atoms with E-state index in [9.17, 15) is 22.4 Å². The Balaban J connectivity index is 1.63. The lowest BCUT2D eigenvalue weighted by atomic mass is 9.78. The van der Waals surface area contributed by atoms with Gasteiger partial charge in [0.2, 0.25) is 5.91 Å². The standard InChI is InChI=1S/C30H37F4N3O/c1-21-19-29(22(2)35-27-12-5-4-6-13-27,37(23(3)38)28-14-8-11-26(31)18-28)15-16-36(21)20-24-9-7-10-25(17-24)30(32,33)34/h7-11,14,17-18,21,27,35H,2,4-6,12-13,15-16,19-20H2,1,3H3. The fourth-order valence-electron chi connectivity index (χ4n) is 6.17. The summed E-state index contributed by atoms with van der Waals surface area (Å²) in [6, 6.07) is 11.7. The molecule has 4 nitrogen and oxygen atoms in total. The second kappa shape index (κ2) is 11.5. The second-order valence-electron chi connectivity index (χ2n) is 10.8. The zero-order valence-electron chi connectivity index (χ0n) is 22.2. The molecule has 4 rings (SSSR count). The number of piperidine rings is 1. The molecule has 2 atom stereocenters. The molecule has 206 valence electrons. The lowest BCUT2D eigenvalue weighted by Crippen LogP contribution is -2.63. The maximum absolute atomic E-state index is 14.3. The maximum atomic E-state index is 14.3. The number of amides is 1. The molecule has 38 heavy (non-hydrogen) atoms. The number of halogens is 4. The van der Waals surface area contributed by atoms with Gasteiger partial charge < -0.3 is 10.2 Å².